The van der Waals surface area contributed by atoms with E-state index in [1.807, 2.05) is 54.6 Å². The van der Waals surface area contributed by atoms with Crippen molar-refractivity contribution in [3.63, 3.8) is 0 Å². The molecule has 5 aromatic rings. The van der Waals surface area contributed by atoms with Gasteiger partial charge in [0.2, 0.25) is 5.95 Å². The lowest BCUT2D eigenvalue weighted by Gasteiger charge is -2.34. The van der Waals surface area contributed by atoms with Gasteiger partial charge in [0.15, 0.2) is 10.3 Å². The van der Waals surface area contributed by atoms with Gasteiger partial charge in [-0.15, -0.1) is 0 Å². The Morgan fingerprint density at radius 2 is 1.13 bits per heavy atom. The van der Waals surface area contributed by atoms with Crippen LogP contribution in [0, 0.1) is 4.64 Å². The maximum Gasteiger partial charge on any atom is 0.200 e. The van der Waals surface area contributed by atoms with Gasteiger partial charge in [-0.05, 0) is 16.7 Å². The molecule has 146 valence electrons. The summed E-state index contributed by atoms with van der Waals surface area (Å²) in [7, 11) is 0. The molecule has 0 spiro atoms. The summed E-state index contributed by atoms with van der Waals surface area (Å²) in [6, 6.07) is 31.1. The smallest absolute Gasteiger partial charge is 0.200 e. The van der Waals surface area contributed by atoms with Gasteiger partial charge >= 0.3 is 0 Å². The summed E-state index contributed by atoms with van der Waals surface area (Å²) in [5.74, 6) is 0.992. The molecule has 3 aromatic carbocycles. The maximum atomic E-state index is 5.89. The molecule has 0 amide bonds. The number of imidazole rings is 1. The molecule has 0 bridgehead atoms. The minimum Gasteiger partial charge on any atom is -0.369 e. The van der Waals surface area contributed by atoms with Crippen molar-refractivity contribution in [3.05, 3.63) is 118 Å². The van der Waals surface area contributed by atoms with E-state index in [4.69, 9.17) is 22.9 Å². The van der Waals surface area contributed by atoms with Gasteiger partial charge in [-0.25, -0.2) is 9.97 Å². The number of hydrogen-bond acceptors (Lipinski definition) is 4. The fraction of sp³-hybridized carbons (Fsp3) is 0.0417. The van der Waals surface area contributed by atoms with Crippen LogP contribution in [0.5, 0.6) is 0 Å². The summed E-state index contributed by atoms with van der Waals surface area (Å²) >= 11 is 5.45. The van der Waals surface area contributed by atoms with Gasteiger partial charge in [-0.1, -0.05) is 103 Å². The van der Waals surface area contributed by atoms with E-state index in [2.05, 4.69) is 51.4 Å². The number of nitrogens with two attached hydrogens (primary N) is 1. The summed E-state index contributed by atoms with van der Waals surface area (Å²) in [6.45, 7) is 0. The Hall–Kier alpha value is -3.77. The molecule has 30 heavy (non-hydrogen) atoms. The Balaban J connectivity index is 1.94. The average molecular weight is 410 g/mol. The highest BCUT2D eigenvalue weighted by molar-refractivity contribution is 7.71. The van der Waals surface area contributed by atoms with Crippen molar-refractivity contribution in [2.24, 2.45) is 0 Å². The van der Waals surface area contributed by atoms with Crippen LogP contribution in [-0.2, 0) is 5.41 Å². The summed E-state index contributed by atoms with van der Waals surface area (Å²) in [4.78, 5) is 15.6. The van der Waals surface area contributed by atoms with Crippen LogP contribution >= 0.6 is 12.2 Å². The normalized spacial score (nSPS) is 11.6. The molecule has 0 fully saturated rings. The first-order valence-corrected chi connectivity index (χ1v) is 10.0. The topological polar surface area (TPSA) is 83.4 Å². The molecule has 0 saturated carbocycles. The van der Waals surface area contributed by atoms with Crippen molar-refractivity contribution in [3.8, 4) is 0 Å². The van der Waals surface area contributed by atoms with E-state index in [1.165, 1.54) is 0 Å². The zero-order chi connectivity index (χ0) is 20.6. The highest BCUT2D eigenvalue weighted by atomic mass is 32.1. The summed E-state index contributed by atoms with van der Waals surface area (Å²) in [5.41, 5.74) is 9.75. The summed E-state index contributed by atoms with van der Waals surface area (Å²) < 4.78 is 0.392. The van der Waals surface area contributed by atoms with E-state index in [0.717, 1.165) is 22.5 Å². The van der Waals surface area contributed by atoms with Crippen LogP contribution in [0.2, 0.25) is 0 Å². The largest absolute Gasteiger partial charge is 0.369 e. The van der Waals surface area contributed by atoms with Crippen LogP contribution in [0.4, 0.5) is 5.95 Å². The van der Waals surface area contributed by atoms with Crippen molar-refractivity contribution in [1.82, 2.24) is 19.9 Å². The SMILES string of the molecule is Nc1nc(=S)c2[nH]c(C(c3ccccc3)(c3ccccc3)c3ccccc3)nc2[nH]1. The maximum absolute atomic E-state index is 5.89. The second kappa shape index (κ2) is 7.24. The zero-order valence-electron chi connectivity index (χ0n) is 16.0. The van der Waals surface area contributed by atoms with Gasteiger partial charge < -0.3 is 15.7 Å². The standard InChI is InChI=1S/C24H19N5S/c25-23-28-20-19(21(30)29-23)26-22(27-20)24(16-10-4-1-5-11-16,17-12-6-2-7-13-17)18-14-8-3-9-15-18/h1-15H,(H4,25,26,27,28,29,30). The number of anilines is 1. The van der Waals surface area contributed by atoms with Crippen molar-refractivity contribution < 1.29 is 0 Å². The van der Waals surface area contributed by atoms with E-state index in [9.17, 15) is 0 Å². The number of rotatable bonds is 4. The molecule has 0 saturated heterocycles. The van der Waals surface area contributed by atoms with Crippen LogP contribution in [0.25, 0.3) is 11.2 Å². The van der Waals surface area contributed by atoms with Crippen molar-refractivity contribution in [2.45, 2.75) is 5.41 Å². The minimum absolute atomic E-state index is 0.246. The highest BCUT2D eigenvalue weighted by Crippen LogP contribution is 2.44. The Morgan fingerprint density at radius 1 is 0.667 bits per heavy atom. The molecule has 4 N–H and O–H groups in total. The van der Waals surface area contributed by atoms with Crippen molar-refractivity contribution >= 4 is 29.3 Å². The van der Waals surface area contributed by atoms with E-state index in [1.54, 1.807) is 0 Å². The van der Waals surface area contributed by atoms with Gasteiger partial charge in [0.1, 0.15) is 16.8 Å². The lowest BCUT2D eigenvalue weighted by atomic mass is 9.69. The van der Waals surface area contributed by atoms with Crippen LogP contribution < -0.4 is 5.73 Å². The second-order valence-corrected chi connectivity index (χ2v) is 7.47. The molecule has 2 aromatic heterocycles. The molecule has 0 aliphatic carbocycles. The van der Waals surface area contributed by atoms with E-state index >= 15 is 0 Å². The fourth-order valence-corrected chi connectivity index (χ4v) is 4.33. The molecule has 2 heterocycles. The monoisotopic (exact) mass is 409 g/mol. The molecule has 0 unspecified atom stereocenters. The van der Waals surface area contributed by atoms with Crippen molar-refractivity contribution in [2.75, 3.05) is 5.73 Å². The second-order valence-electron chi connectivity index (χ2n) is 7.08. The molecular weight excluding hydrogens is 390 g/mol. The highest BCUT2D eigenvalue weighted by Gasteiger charge is 2.41. The fourth-order valence-electron chi connectivity index (χ4n) is 4.09. The van der Waals surface area contributed by atoms with Crippen LogP contribution in [0.1, 0.15) is 22.5 Å². The Labute approximate surface area is 178 Å². The predicted octanol–water partition coefficient (Wildman–Crippen LogP) is 4.98. The van der Waals surface area contributed by atoms with Gasteiger partial charge in [-0.3, -0.25) is 0 Å². The Bertz CT molecular complexity index is 1260. The number of hydrogen-bond donors (Lipinski definition) is 3. The molecular formula is C24H19N5S. The average Bonchev–Trinajstić information content (AvgIpc) is 3.21. The number of fused-ring (bicyclic) bond motifs is 1. The van der Waals surface area contributed by atoms with Crippen LogP contribution in [0.3, 0.4) is 0 Å². The number of nitrogens with zero attached hydrogens (tertiary/aromatic N) is 2. The zero-order valence-corrected chi connectivity index (χ0v) is 16.9. The third-order valence-corrected chi connectivity index (χ3v) is 5.66. The number of H-pyrrole nitrogens is 2. The van der Waals surface area contributed by atoms with Gasteiger partial charge in [0.05, 0.1) is 0 Å². The number of benzene rings is 3. The van der Waals surface area contributed by atoms with Gasteiger partial charge in [-0.2, -0.15) is 0 Å². The van der Waals surface area contributed by atoms with E-state index in [-0.39, 0.29) is 5.95 Å². The Kier molecular flexibility index (Phi) is 4.41. The molecule has 5 rings (SSSR count). The first-order valence-electron chi connectivity index (χ1n) is 9.62. The third kappa shape index (κ3) is 2.81. The van der Waals surface area contributed by atoms with Gasteiger partial charge in [0.25, 0.3) is 0 Å². The van der Waals surface area contributed by atoms with Crippen LogP contribution in [-0.4, -0.2) is 19.9 Å². The molecule has 6 heteroatoms. The van der Waals surface area contributed by atoms with Crippen molar-refractivity contribution in [1.29, 1.82) is 0 Å². The number of aromatic nitrogens is 4. The lowest BCUT2D eigenvalue weighted by Crippen LogP contribution is -2.32. The first-order chi connectivity index (χ1) is 14.7. The van der Waals surface area contributed by atoms with E-state index < -0.39 is 5.41 Å². The van der Waals surface area contributed by atoms with E-state index in [0.29, 0.717) is 15.8 Å². The number of nitrogen functional groups attached to an aromatic ring is 1. The summed E-state index contributed by atoms with van der Waals surface area (Å²) in [6.07, 6.45) is 0. The molecule has 0 aliphatic rings. The first kappa shape index (κ1) is 18.3. The number of nitrogens with one attached hydrogen (secondary N) is 2. The van der Waals surface area contributed by atoms with Gasteiger partial charge in [0, 0.05) is 0 Å². The minimum atomic E-state index is -0.673. The molecule has 0 aliphatic heterocycles. The molecule has 0 radical (unpaired) electrons. The predicted molar refractivity (Wildman–Crippen MR) is 122 cm³/mol. The number of aromatic amines is 2. The molecule has 0 atom stereocenters. The van der Waals surface area contributed by atoms with Crippen LogP contribution in [0.15, 0.2) is 91.0 Å². The quantitative estimate of drug-likeness (QED) is 0.289. The lowest BCUT2D eigenvalue weighted by molar-refractivity contribution is 0.695. The molecule has 5 nitrogen and oxygen atoms in total. The Morgan fingerprint density at radius 3 is 1.60 bits per heavy atom. The third-order valence-electron chi connectivity index (χ3n) is 5.36. The summed E-state index contributed by atoms with van der Waals surface area (Å²) in [5, 5.41) is 0.